The van der Waals surface area contributed by atoms with Gasteiger partial charge in [-0.2, -0.15) is 0 Å². The van der Waals surface area contributed by atoms with Gasteiger partial charge in [0.15, 0.2) is 28.9 Å². The van der Waals surface area contributed by atoms with E-state index < -0.39 is 51.9 Å². The Labute approximate surface area is 289 Å². The molecule has 3 amide bonds. The van der Waals surface area contributed by atoms with Gasteiger partial charge in [-0.25, -0.2) is 32.8 Å². The molecule has 0 spiro atoms. The van der Waals surface area contributed by atoms with Crippen LogP contribution in [0.15, 0.2) is 54.7 Å². The van der Waals surface area contributed by atoms with Crippen LogP contribution in [-0.4, -0.2) is 90.5 Å². The molecule has 11 nitrogen and oxygen atoms in total. The van der Waals surface area contributed by atoms with E-state index in [1.54, 1.807) is 12.1 Å². The molecule has 2 saturated heterocycles. The van der Waals surface area contributed by atoms with Crippen molar-refractivity contribution in [2.24, 2.45) is 0 Å². The summed E-state index contributed by atoms with van der Waals surface area (Å²) in [6, 6.07) is 8.54. The van der Waals surface area contributed by atoms with Crippen molar-refractivity contribution in [1.82, 2.24) is 25.2 Å². The van der Waals surface area contributed by atoms with Crippen molar-refractivity contribution in [1.29, 1.82) is 0 Å². The van der Waals surface area contributed by atoms with Crippen LogP contribution < -0.4 is 25.0 Å². The second kappa shape index (κ2) is 15.4. The highest BCUT2D eigenvalue weighted by Crippen LogP contribution is 2.41. The number of piperazine rings is 1. The molecule has 6 rings (SSSR count). The maximum atomic E-state index is 15.3. The summed E-state index contributed by atoms with van der Waals surface area (Å²) < 4.78 is 76.6. The first-order valence-corrected chi connectivity index (χ1v) is 16.9. The van der Waals surface area contributed by atoms with Crippen LogP contribution >= 0.6 is 11.8 Å². The fourth-order valence-electron chi connectivity index (χ4n) is 5.72. The molecule has 0 radical (unpaired) electrons. The maximum Gasteiger partial charge on any atom is 0.338 e. The first-order valence-electron chi connectivity index (χ1n) is 15.8. The number of carbonyl (C=O) groups excluding carboxylic acids is 2. The average molecular weight is 715 g/mol. The topological polar surface area (TPSA) is 109 Å². The lowest BCUT2D eigenvalue weighted by atomic mass is 10.1. The Bertz CT molecular complexity index is 1850. The van der Waals surface area contributed by atoms with E-state index >= 15 is 8.78 Å². The molecule has 0 bridgehead atoms. The maximum absolute atomic E-state index is 15.3. The number of carbonyl (C=O) groups is 2. The molecular formula is C34H34F4N6O5S. The number of rotatable bonds is 11. The summed E-state index contributed by atoms with van der Waals surface area (Å²) in [5.41, 5.74) is 1.93. The van der Waals surface area contributed by atoms with E-state index in [0.29, 0.717) is 29.0 Å². The quantitative estimate of drug-likeness (QED) is 0.183. The number of nitrogens with zero attached hydrogens (tertiary/aromatic N) is 4. The van der Waals surface area contributed by atoms with Crippen molar-refractivity contribution in [3.63, 3.8) is 0 Å². The molecule has 16 heteroatoms. The fourth-order valence-corrected chi connectivity index (χ4v) is 6.87. The van der Waals surface area contributed by atoms with Crippen molar-refractivity contribution in [3.05, 3.63) is 83.6 Å². The number of pyridine rings is 1. The first kappa shape index (κ1) is 35.0. The van der Waals surface area contributed by atoms with Gasteiger partial charge in [0, 0.05) is 68.2 Å². The molecule has 3 heterocycles. The van der Waals surface area contributed by atoms with E-state index in [-0.39, 0.29) is 17.2 Å². The number of urea groups is 1. The van der Waals surface area contributed by atoms with Crippen molar-refractivity contribution >= 4 is 40.3 Å². The van der Waals surface area contributed by atoms with Gasteiger partial charge in [-0.05, 0) is 30.8 Å². The van der Waals surface area contributed by atoms with Crippen molar-refractivity contribution in [2.45, 2.75) is 12.3 Å². The van der Waals surface area contributed by atoms with Crippen molar-refractivity contribution < 1.29 is 41.4 Å². The summed E-state index contributed by atoms with van der Waals surface area (Å²) in [4.78, 5) is 34.3. The van der Waals surface area contributed by atoms with E-state index in [4.69, 9.17) is 14.2 Å². The summed E-state index contributed by atoms with van der Waals surface area (Å²) in [6.07, 6.45) is 1.43. The molecule has 4 aromatic rings. The summed E-state index contributed by atoms with van der Waals surface area (Å²) in [7, 11) is 1.48. The number of likely N-dealkylation sites (N-methyl/N-ethyl adjacent to an activating group) is 1. The van der Waals surface area contributed by atoms with Gasteiger partial charge in [0.25, 0.3) is 5.91 Å². The third-order valence-corrected chi connectivity index (χ3v) is 9.54. The molecule has 1 aromatic heterocycles. The molecule has 2 N–H and O–H groups in total. The third-order valence-electron chi connectivity index (χ3n) is 8.37. The molecule has 2 fully saturated rings. The Kier molecular flexibility index (Phi) is 10.8. The monoisotopic (exact) mass is 714 g/mol. The van der Waals surface area contributed by atoms with E-state index in [0.717, 1.165) is 80.3 Å². The number of hydrogen-bond donors (Lipinski definition) is 2. The van der Waals surface area contributed by atoms with Gasteiger partial charge < -0.3 is 24.4 Å². The van der Waals surface area contributed by atoms with Crippen molar-refractivity contribution in [2.75, 3.05) is 64.1 Å². The van der Waals surface area contributed by atoms with Gasteiger partial charge in [0.05, 0.1) is 23.9 Å². The zero-order valence-electron chi connectivity index (χ0n) is 27.2. The van der Waals surface area contributed by atoms with E-state index in [1.165, 1.54) is 25.4 Å². The van der Waals surface area contributed by atoms with E-state index in [9.17, 15) is 18.4 Å². The Morgan fingerprint density at radius 3 is 2.32 bits per heavy atom. The molecule has 3 aromatic carbocycles. The summed E-state index contributed by atoms with van der Waals surface area (Å²) >= 11 is 0.904. The lowest BCUT2D eigenvalue weighted by molar-refractivity contribution is -0.130. The van der Waals surface area contributed by atoms with Crippen LogP contribution in [0.3, 0.4) is 0 Å². The first-order chi connectivity index (χ1) is 24.1. The number of fused-ring (bicyclic) bond motifs is 1. The second-order valence-corrected chi connectivity index (χ2v) is 12.5. The molecule has 2 aliphatic heterocycles. The number of amides is 3. The SMILES string of the molecule is CCN1CCN(CCOc2cc3nccc(Oc4c(F)cc(NC(=O)NN5C(=O)CSC5c5c(F)cccc5F)cc4F)c3cc2OC)CC1. The number of ether oxygens (including phenoxy) is 3. The third kappa shape index (κ3) is 7.66. The number of thioether (sulfide) groups is 1. The molecular weight excluding hydrogens is 680 g/mol. The number of benzene rings is 3. The highest BCUT2D eigenvalue weighted by Gasteiger charge is 2.37. The normalized spacial score (nSPS) is 16.9. The van der Waals surface area contributed by atoms with Crippen LogP contribution in [0.2, 0.25) is 0 Å². The fraction of sp³-hybridized carbons (Fsp3) is 0.324. The summed E-state index contributed by atoms with van der Waals surface area (Å²) in [5.74, 6) is -4.68. The number of hydrogen-bond acceptors (Lipinski definition) is 9. The summed E-state index contributed by atoms with van der Waals surface area (Å²) in [5, 5.41) is 2.21. The lowest BCUT2D eigenvalue weighted by Gasteiger charge is -2.33. The highest BCUT2D eigenvalue weighted by molar-refractivity contribution is 8.00. The Morgan fingerprint density at radius 2 is 1.64 bits per heavy atom. The van der Waals surface area contributed by atoms with Crippen LogP contribution in [-0.2, 0) is 4.79 Å². The minimum Gasteiger partial charge on any atom is -0.493 e. The number of methoxy groups -OCH3 is 1. The lowest BCUT2D eigenvalue weighted by Crippen LogP contribution is -2.47. The molecule has 0 saturated carbocycles. The Morgan fingerprint density at radius 1 is 0.940 bits per heavy atom. The zero-order valence-corrected chi connectivity index (χ0v) is 28.0. The van der Waals surface area contributed by atoms with E-state index in [1.807, 2.05) is 0 Å². The van der Waals surface area contributed by atoms with Crippen LogP contribution in [0.5, 0.6) is 23.0 Å². The second-order valence-electron chi connectivity index (χ2n) is 11.5. The van der Waals surface area contributed by atoms with Gasteiger partial charge in [0.1, 0.15) is 29.4 Å². The van der Waals surface area contributed by atoms with Gasteiger partial charge in [0.2, 0.25) is 0 Å². The standard InChI is InChI=1S/C34H34F4N6O5S/c1-3-42-9-11-43(12-10-42)13-14-48-29-18-26-21(17-28(29)47-2)27(7-8-39-26)49-32-24(37)15-20(16-25(32)38)40-34(46)41-44-30(45)19-50-33(44)31-22(35)5-4-6-23(31)36/h4-8,15-18,33H,3,9-14,19H2,1-2H3,(H2,40,41,46). The van der Waals surface area contributed by atoms with Crippen LogP contribution in [0.25, 0.3) is 10.9 Å². The number of anilines is 1. The van der Waals surface area contributed by atoms with Gasteiger partial charge >= 0.3 is 6.03 Å². The van der Waals surface area contributed by atoms with E-state index in [2.05, 4.69) is 32.5 Å². The van der Waals surface area contributed by atoms with Crippen molar-refractivity contribution in [3.8, 4) is 23.0 Å². The predicted octanol–water partition coefficient (Wildman–Crippen LogP) is 5.92. The predicted molar refractivity (Wildman–Crippen MR) is 179 cm³/mol. The van der Waals surface area contributed by atoms with Crippen LogP contribution in [0.4, 0.5) is 28.0 Å². The number of aromatic nitrogens is 1. The molecule has 1 atom stereocenters. The Hall–Kier alpha value is -4.80. The molecule has 264 valence electrons. The number of halogens is 4. The summed E-state index contributed by atoms with van der Waals surface area (Å²) in [6.45, 7) is 8.31. The highest BCUT2D eigenvalue weighted by atomic mass is 32.2. The van der Waals surface area contributed by atoms with Gasteiger partial charge in [-0.3, -0.25) is 14.7 Å². The molecule has 2 aliphatic rings. The number of nitrogens with one attached hydrogen (secondary N) is 2. The zero-order chi connectivity index (χ0) is 35.4. The smallest absolute Gasteiger partial charge is 0.338 e. The largest absolute Gasteiger partial charge is 0.493 e. The molecule has 1 unspecified atom stereocenters. The van der Waals surface area contributed by atoms with Crippen LogP contribution in [0, 0.1) is 23.3 Å². The molecule has 0 aliphatic carbocycles. The minimum atomic E-state index is -1.19. The Balaban J connectivity index is 1.13. The minimum absolute atomic E-state index is 0.0846. The van der Waals surface area contributed by atoms with Crippen LogP contribution in [0.1, 0.15) is 17.9 Å². The van der Waals surface area contributed by atoms with Gasteiger partial charge in [-0.15, -0.1) is 11.8 Å². The number of hydrazine groups is 1. The van der Waals surface area contributed by atoms with Gasteiger partial charge in [-0.1, -0.05) is 13.0 Å². The molecule has 50 heavy (non-hydrogen) atoms. The average Bonchev–Trinajstić information content (AvgIpc) is 3.44.